The van der Waals surface area contributed by atoms with Gasteiger partial charge in [-0.2, -0.15) is 5.10 Å². The Hall–Kier alpha value is -0.830. The molecule has 1 atom stereocenters. The molecule has 0 aliphatic rings. The summed E-state index contributed by atoms with van der Waals surface area (Å²) < 4.78 is 2.14. The zero-order valence-corrected chi connectivity index (χ0v) is 12.5. The molecule has 0 radical (unpaired) electrons. The number of aromatic nitrogens is 2. The Morgan fingerprint density at radius 3 is 2.39 bits per heavy atom. The lowest BCUT2D eigenvalue weighted by Crippen LogP contribution is -2.11. The van der Waals surface area contributed by atoms with Crippen LogP contribution < -0.4 is 5.73 Å². The van der Waals surface area contributed by atoms with Gasteiger partial charge in [0.25, 0.3) is 0 Å². The SMILES string of the molecule is CCCCCCCn1nc(C)c(C(N)CC)c1C. The van der Waals surface area contributed by atoms with Gasteiger partial charge in [0.15, 0.2) is 0 Å². The Bertz CT molecular complexity index is 355. The van der Waals surface area contributed by atoms with E-state index < -0.39 is 0 Å². The molecule has 3 heteroatoms. The molecular weight excluding hydrogens is 222 g/mol. The Balaban J connectivity index is 2.57. The molecular formula is C15H29N3. The van der Waals surface area contributed by atoms with Crippen LogP contribution in [0.4, 0.5) is 0 Å². The fourth-order valence-electron chi connectivity index (χ4n) is 2.53. The van der Waals surface area contributed by atoms with Crippen LogP contribution in [-0.2, 0) is 6.54 Å². The molecule has 1 rings (SSSR count). The molecule has 3 nitrogen and oxygen atoms in total. The van der Waals surface area contributed by atoms with E-state index in [4.69, 9.17) is 5.73 Å². The van der Waals surface area contributed by atoms with E-state index >= 15 is 0 Å². The van der Waals surface area contributed by atoms with E-state index in [1.54, 1.807) is 0 Å². The quantitative estimate of drug-likeness (QED) is 0.713. The van der Waals surface area contributed by atoms with E-state index in [-0.39, 0.29) is 6.04 Å². The van der Waals surface area contributed by atoms with E-state index in [1.165, 1.54) is 43.4 Å². The maximum Gasteiger partial charge on any atom is 0.0644 e. The molecule has 0 aliphatic heterocycles. The van der Waals surface area contributed by atoms with Gasteiger partial charge in [0, 0.05) is 23.8 Å². The molecule has 1 heterocycles. The first kappa shape index (κ1) is 15.2. The van der Waals surface area contributed by atoms with Gasteiger partial charge in [-0.25, -0.2) is 0 Å². The van der Waals surface area contributed by atoms with Crippen LogP contribution in [0.5, 0.6) is 0 Å². The standard InChI is InChI=1S/C15H29N3/c1-5-7-8-9-10-11-18-13(4)15(12(3)17-18)14(16)6-2/h14H,5-11,16H2,1-4H3. The van der Waals surface area contributed by atoms with E-state index in [1.807, 2.05) is 0 Å². The van der Waals surface area contributed by atoms with Crippen LogP contribution in [0.3, 0.4) is 0 Å². The van der Waals surface area contributed by atoms with Gasteiger partial charge in [-0.1, -0.05) is 39.5 Å². The van der Waals surface area contributed by atoms with Crippen LogP contribution in [0.1, 0.15) is 75.4 Å². The predicted molar refractivity (Wildman–Crippen MR) is 77.7 cm³/mol. The van der Waals surface area contributed by atoms with Crippen molar-refractivity contribution in [1.82, 2.24) is 9.78 Å². The van der Waals surface area contributed by atoms with Gasteiger partial charge in [-0.15, -0.1) is 0 Å². The lowest BCUT2D eigenvalue weighted by atomic mass is 10.0. The maximum absolute atomic E-state index is 6.15. The van der Waals surface area contributed by atoms with Crippen molar-refractivity contribution in [2.45, 2.75) is 78.8 Å². The van der Waals surface area contributed by atoms with Crippen molar-refractivity contribution in [3.8, 4) is 0 Å². The molecule has 0 aromatic carbocycles. The number of aryl methyl sites for hydroxylation is 2. The highest BCUT2D eigenvalue weighted by Crippen LogP contribution is 2.22. The molecule has 18 heavy (non-hydrogen) atoms. The van der Waals surface area contributed by atoms with Gasteiger partial charge in [0.2, 0.25) is 0 Å². The summed E-state index contributed by atoms with van der Waals surface area (Å²) in [6.07, 6.45) is 7.50. The fourth-order valence-corrected chi connectivity index (χ4v) is 2.53. The van der Waals surface area contributed by atoms with Crippen LogP contribution in [-0.4, -0.2) is 9.78 Å². The van der Waals surface area contributed by atoms with Crippen LogP contribution in [0.15, 0.2) is 0 Å². The van der Waals surface area contributed by atoms with Gasteiger partial charge < -0.3 is 5.73 Å². The highest BCUT2D eigenvalue weighted by molar-refractivity contribution is 5.27. The summed E-state index contributed by atoms with van der Waals surface area (Å²) in [5.74, 6) is 0. The van der Waals surface area contributed by atoms with Crippen LogP contribution in [0, 0.1) is 13.8 Å². The number of nitrogens with zero attached hydrogens (tertiary/aromatic N) is 2. The molecule has 0 bridgehead atoms. The Morgan fingerprint density at radius 1 is 1.11 bits per heavy atom. The molecule has 0 spiro atoms. The highest BCUT2D eigenvalue weighted by atomic mass is 15.3. The summed E-state index contributed by atoms with van der Waals surface area (Å²) in [5.41, 5.74) is 9.77. The van der Waals surface area contributed by atoms with Crippen molar-refractivity contribution in [3.05, 3.63) is 17.0 Å². The number of unbranched alkanes of at least 4 members (excludes halogenated alkanes) is 4. The Kier molecular flexibility index (Phi) is 6.41. The predicted octanol–water partition coefficient (Wildman–Crippen LogP) is 3.88. The second kappa shape index (κ2) is 7.57. The number of hydrogen-bond donors (Lipinski definition) is 1. The molecule has 104 valence electrons. The van der Waals surface area contributed by atoms with Crippen molar-refractivity contribution < 1.29 is 0 Å². The molecule has 0 saturated carbocycles. The highest BCUT2D eigenvalue weighted by Gasteiger charge is 2.16. The third-order valence-corrected chi connectivity index (χ3v) is 3.72. The van der Waals surface area contributed by atoms with Crippen LogP contribution >= 0.6 is 0 Å². The fraction of sp³-hybridized carbons (Fsp3) is 0.800. The van der Waals surface area contributed by atoms with Crippen molar-refractivity contribution in [3.63, 3.8) is 0 Å². The van der Waals surface area contributed by atoms with Crippen molar-refractivity contribution in [2.75, 3.05) is 0 Å². The third kappa shape index (κ3) is 3.84. The van der Waals surface area contributed by atoms with Gasteiger partial charge in [-0.05, 0) is 26.7 Å². The first-order chi connectivity index (χ1) is 8.61. The zero-order valence-electron chi connectivity index (χ0n) is 12.5. The lowest BCUT2D eigenvalue weighted by Gasteiger charge is -2.10. The topological polar surface area (TPSA) is 43.8 Å². The second-order valence-corrected chi connectivity index (χ2v) is 5.24. The van der Waals surface area contributed by atoms with E-state index in [0.29, 0.717) is 0 Å². The molecule has 2 N–H and O–H groups in total. The molecule has 1 aromatic rings. The van der Waals surface area contributed by atoms with Gasteiger partial charge in [0.05, 0.1) is 5.69 Å². The summed E-state index contributed by atoms with van der Waals surface area (Å²) in [7, 11) is 0. The summed E-state index contributed by atoms with van der Waals surface area (Å²) in [4.78, 5) is 0. The third-order valence-electron chi connectivity index (χ3n) is 3.72. The number of hydrogen-bond acceptors (Lipinski definition) is 2. The summed E-state index contributed by atoms with van der Waals surface area (Å²) in [6.45, 7) is 9.64. The van der Waals surface area contributed by atoms with E-state index in [0.717, 1.165) is 18.7 Å². The van der Waals surface area contributed by atoms with Crippen LogP contribution in [0.2, 0.25) is 0 Å². The molecule has 1 unspecified atom stereocenters. The minimum absolute atomic E-state index is 0.138. The Labute approximate surface area is 112 Å². The Morgan fingerprint density at radius 2 is 1.78 bits per heavy atom. The first-order valence-electron chi connectivity index (χ1n) is 7.41. The van der Waals surface area contributed by atoms with E-state index in [9.17, 15) is 0 Å². The summed E-state index contributed by atoms with van der Waals surface area (Å²) >= 11 is 0. The lowest BCUT2D eigenvalue weighted by molar-refractivity contribution is 0.521. The van der Waals surface area contributed by atoms with Crippen molar-refractivity contribution in [2.24, 2.45) is 5.73 Å². The minimum atomic E-state index is 0.138. The average molecular weight is 251 g/mol. The minimum Gasteiger partial charge on any atom is -0.324 e. The zero-order chi connectivity index (χ0) is 13.5. The van der Waals surface area contributed by atoms with Gasteiger partial charge >= 0.3 is 0 Å². The van der Waals surface area contributed by atoms with Crippen molar-refractivity contribution in [1.29, 1.82) is 0 Å². The van der Waals surface area contributed by atoms with Crippen molar-refractivity contribution >= 4 is 0 Å². The number of rotatable bonds is 8. The van der Waals surface area contributed by atoms with Crippen LogP contribution in [0.25, 0.3) is 0 Å². The molecule has 0 saturated heterocycles. The average Bonchev–Trinajstić information content (AvgIpc) is 2.63. The normalized spacial score (nSPS) is 12.9. The largest absolute Gasteiger partial charge is 0.324 e. The first-order valence-corrected chi connectivity index (χ1v) is 7.41. The molecule has 0 fully saturated rings. The smallest absolute Gasteiger partial charge is 0.0644 e. The van der Waals surface area contributed by atoms with E-state index in [2.05, 4.69) is 37.5 Å². The summed E-state index contributed by atoms with van der Waals surface area (Å²) in [6, 6.07) is 0.138. The molecule has 1 aromatic heterocycles. The monoisotopic (exact) mass is 251 g/mol. The molecule has 0 amide bonds. The maximum atomic E-state index is 6.15. The molecule has 0 aliphatic carbocycles. The summed E-state index contributed by atoms with van der Waals surface area (Å²) in [5, 5.41) is 4.63. The van der Waals surface area contributed by atoms with Gasteiger partial charge in [0.1, 0.15) is 0 Å². The van der Waals surface area contributed by atoms with Gasteiger partial charge in [-0.3, -0.25) is 4.68 Å². The second-order valence-electron chi connectivity index (χ2n) is 5.24. The number of nitrogens with two attached hydrogens (primary N) is 1.